The molecule has 0 aliphatic heterocycles. The summed E-state index contributed by atoms with van der Waals surface area (Å²) in [4.78, 5) is 0. The molecule has 0 unspecified atom stereocenters. The van der Waals surface area contributed by atoms with Crippen LogP contribution in [0.15, 0.2) is 0 Å². The van der Waals surface area contributed by atoms with Crippen molar-refractivity contribution in [2.45, 2.75) is 19.9 Å². The van der Waals surface area contributed by atoms with Crippen LogP contribution in [-0.2, 0) is 26.2 Å². The first-order valence-corrected chi connectivity index (χ1v) is 4.13. The van der Waals surface area contributed by atoms with Gasteiger partial charge >= 0.3 is 26.2 Å². The molecule has 0 atom stereocenters. The minimum atomic E-state index is 0. The molecule has 0 aromatic heterocycles. The van der Waals surface area contributed by atoms with Crippen molar-refractivity contribution in [2.75, 3.05) is 42.3 Å². The Kier molecular flexibility index (Phi) is 103. The van der Waals surface area contributed by atoms with Crippen LogP contribution in [0.2, 0.25) is 0 Å². The molecule has 0 aliphatic rings. The molecule has 86 valence electrons. The van der Waals surface area contributed by atoms with Crippen LogP contribution in [0.25, 0.3) is 21.7 Å². The molecule has 0 aromatic rings. The maximum atomic E-state index is 6.58. The van der Waals surface area contributed by atoms with E-state index in [0.717, 1.165) is 0 Å². The second-order valence-corrected chi connectivity index (χ2v) is 2.50. The van der Waals surface area contributed by atoms with Crippen LogP contribution >= 0.6 is 0 Å². The summed E-state index contributed by atoms with van der Waals surface area (Å²) in [6.07, 6.45) is 0. The molecule has 0 fully saturated rings. The summed E-state index contributed by atoms with van der Waals surface area (Å²) in [7, 11) is 10.5. The Hall–Kier alpha value is 0.723. The van der Waals surface area contributed by atoms with Gasteiger partial charge in [-0.3, -0.25) is 0 Å². The van der Waals surface area contributed by atoms with Gasteiger partial charge in [0, 0.05) is 0 Å². The van der Waals surface area contributed by atoms with E-state index in [1.165, 1.54) is 0 Å². The molecule has 4 nitrogen and oxygen atoms in total. The van der Waals surface area contributed by atoms with Crippen molar-refractivity contribution in [3.8, 4) is 0 Å². The molecule has 0 spiro atoms. The molecule has 1 N–H and O–H groups in total. The van der Waals surface area contributed by atoms with Crippen molar-refractivity contribution in [1.29, 1.82) is 0 Å². The zero-order valence-electron chi connectivity index (χ0n) is 10.9. The van der Waals surface area contributed by atoms with Crippen molar-refractivity contribution < 1.29 is 26.2 Å². The van der Waals surface area contributed by atoms with Crippen LogP contribution in [0.3, 0.4) is 0 Å². The van der Waals surface area contributed by atoms with Crippen molar-refractivity contribution in [2.24, 2.45) is 0 Å². The number of nitrogens with zero attached hydrogens (tertiary/aromatic N) is 3. The monoisotopic (exact) mass is 280 g/mol. The SMILES string of the molecule is CC(C)[NH-].C[N-]C.C[N-]C.C[N-]C.[Zr+4]. The molecule has 0 radical (unpaired) electrons. The van der Waals surface area contributed by atoms with Crippen LogP contribution in [0, 0.1) is 0 Å². The van der Waals surface area contributed by atoms with Crippen LogP contribution in [0.4, 0.5) is 0 Å². The number of rotatable bonds is 0. The first-order valence-electron chi connectivity index (χ1n) is 4.13. The van der Waals surface area contributed by atoms with E-state index in [2.05, 4.69) is 16.0 Å². The van der Waals surface area contributed by atoms with Crippen molar-refractivity contribution >= 4 is 0 Å². The van der Waals surface area contributed by atoms with Gasteiger partial charge in [0.2, 0.25) is 0 Å². The summed E-state index contributed by atoms with van der Waals surface area (Å²) in [5.41, 5.74) is 6.58. The van der Waals surface area contributed by atoms with Gasteiger partial charge in [0.05, 0.1) is 0 Å². The quantitative estimate of drug-likeness (QED) is 0.654. The number of nitrogens with one attached hydrogen (secondary N) is 1. The summed E-state index contributed by atoms with van der Waals surface area (Å²) in [5, 5.41) is 10.5. The molecular formula is C9H26N4Zr. The second-order valence-electron chi connectivity index (χ2n) is 2.50. The van der Waals surface area contributed by atoms with Crippen LogP contribution in [0.5, 0.6) is 0 Å². The smallest absolute Gasteiger partial charge is 0.675 e. The number of hydrogen-bond acceptors (Lipinski definition) is 0. The third kappa shape index (κ3) is 3340. The van der Waals surface area contributed by atoms with Crippen LogP contribution in [-0.4, -0.2) is 48.3 Å². The van der Waals surface area contributed by atoms with Gasteiger partial charge < -0.3 is 21.7 Å². The molecule has 0 rings (SSSR count). The average molecular weight is 282 g/mol. The van der Waals surface area contributed by atoms with Gasteiger partial charge in [-0.15, -0.1) is 6.04 Å². The summed E-state index contributed by atoms with van der Waals surface area (Å²) >= 11 is 0. The largest absolute Gasteiger partial charge is 4.00 e. The van der Waals surface area contributed by atoms with E-state index < -0.39 is 0 Å². The Morgan fingerprint density at radius 1 is 0.714 bits per heavy atom. The van der Waals surface area contributed by atoms with Gasteiger partial charge in [0.15, 0.2) is 0 Å². The molecule has 0 saturated carbocycles. The molecule has 0 bridgehead atoms. The van der Waals surface area contributed by atoms with Gasteiger partial charge in [-0.25, -0.2) is 0 Å². The van der Waals surface area contributed by atoms with E-state index in [9.17, 15) is 0 Å². The zero-order chi connectivity index (χ0) is 11.7. The van der Waals surface area contributed by atoms with E-state index in [1.807, 2.05) is 13.8 Å². The Bertz CT molecular complexity index is 38.3. The predicted octanol–water partition coefficient (Wildman–Crippen LogP) is 3.30. The van der Waals surface area contributed by atoms with E-state index in [0.29, 0.717) is 0 Å². The standard InChI is InChI=1S/C3H8N.3C2H6N.Zr/c1-3(2)4;3*1-3-2;/h3-4H,1-2H3;3*1-2H3;/q4*-1;+4. The minimum absolute atomic E-state index is 0. The second kappa shape index (κ2) is 49.1. The molecule has 0 amide bonds. The predicted molar refractivity (Wildman–Crippen MR) is 65.1 cm³/mol. The van der Waals surface area contributed by atoms with Crippen molar-refractivity contribution in [3.63, 3.8) is 0 Å². The molecular weight excluding hydrogens is 255 g/mol. The number of hydrogen-bond donors (Lipinski definition) is 0. The van der Waals surface area contributed by atoms with E-state index >= 15 is 0 Å². The van der Waals surface area contributed by atoms with Gasteiger partial charge in [0.1, 0.15) is 0 Å². The van der Waals surface area contributed by atoms with Gasteiger partial charge in [-0.1, -0.05) is 13.8 Å². The maximum absolute atomic E-state index is 6.58. The van der Waals surface area contributed by atoms with Gasteiger partial charge in [-0.2, -0.15) is 42.3 Å². The molecule has 0 aliphatic carbocycles. The molecule has 0 heterocycles. The average Bonchev–Trinajstić information content (AvgIpc) is 1.88. The molecule has 0 saturated heterocycles. The van der Waals surface area contributed by atoms with Gasteiger partial charge in [0.25, 0.3) is 0 Å². The molecule has 0 aromatic carbocycles. The summed E-state index contributed by atoms with van der Waals surface area (Å²) in [5.74, 6) is 0. The van der Waals surface area contributed by atoms with Crippen molar-refractivity contribution in [3.05, 3.63) is 21.7 Å². The zero-order valence-corrected chi connectivity index (χ0v) is 13.4. The van der Waals surface area contributed by atoms with Crippen molar-refractivity contribution in [1.82, 2.24) is 0 Å². The Balaban J connectivity index is -0.0000000254. The summed E-state index contributed by atoms with van der Waals surface area (Å²) in [6, 6.07) is 0.0833. The van der Waals surface area contributed by atoms with E-state index in [1.54, 1.807) is 42.3 Å². The Labute approximate surface area is 110 Å². The normalized spacial score (nSPS) is 6.43. The van der Waals surface area contributed by atoms with E-state index in [4.69, 9.17) is 5.73 Å². The molecule has 14 heavy (non-hydrogen) atoms. The Morgan fingerprint density at radius 2 is 0.714 bits per heavy atom. The summed E-state index contributed by atoms with van der Waals surface area (Å²) < 4.78 is 0. The first-order chi connectivity index (χ1) is 5.97. The topological polar surface area (TPSA) is 66.1 Å². The van der Waals surface area contributed by atoms with Gasteiger partial charge in [-0.05, 0) is 0 Å². The van der Waals surface area contributed by atoms with E-state index in [-0.39, 0.29) is 32.2 Å². The molecule has 5 heteroatoms. The first kappa shape index (κ1) is 29.3. The third-order valence-corrected chi connectivity index (χ3v) is 0. The van der Waals surface area contributed by atoms with Crippen LogP contribution in [0.1, 0.15) is 13.8 Å². The van der Waals surface area contributed by atoms with Crippen LogP contribution < -0.4 is 0 Å². The Morgan fingerprint density at radius 3 is 0.714 bits per heavy atom. The third-order valence-electron chi connectivity index (χ3n) is 0. The maximum Gasteiger partial charge on any atom is 4.00 e. The summed E-state index contributed by atoms with van der Waals surface area (Å²) in [6.45, 7) is 3.67. The fraction of sp³-hybridized carbons (Fsp3) is 1.00. The fourth-order valence-electron chi connectivity index (χ4n) is 0. The fourth-order valence-corrected chi connectivity index (χ4v) is 0. The minimum Gasteiger partial charge on any atom is -0.675 e.